The van der Waals surface area contributed by atoms with Gasteiger partial charge in [0.2, 0.25) is 0 Å². The van der Waals surface area contributed by atoms with Crippen LogP contribution in [0.1, 0.15) is 33.4 Å². The number of halogens is 1. The molecule has 142 valence electrons. The SMILES string of the molecule is CCOC(=O)c1ccc(-c2ccc(/C=N\NC(=O)c3cccc(I)c3)o2)cc1. The van der Waals surface area contributed by atoms with Crippen LogP contribution in [-0.4, -0.2) is 24.7 Å². The highest BCUT2D eigenvalue weighted by Gasteiger charge is 2.09. The summed E-state index contributed by atoms with van der Waals surface area (Å²) in [6, 6.07) is 17.7. The molecule has 0 radical (unpaired) electrons. The zero-order valence-corrected chi connectivity index (χ0v) is 17.2. The fourth-order valence-corrected chi connectivity index (χ4v) is 2.95. The standard InChI is InChI=1S/C21H17IN2O4/c1-2-27-21(26)15-8-6-14(7-9-15)19-11-10-18(28-19)13-23-24-20(25)16-4-3-5-17(22)12-16/h3-13H,2H2,1H3,(H,24,25)/b23-13-. The van der Waals surface area contributed by atoms with Gasteiger partial charge in [0.1, 0.15) is 11.5 Å². The average molecular weight is 488 g/mol. The van der Waals surface area contributed by atoms with E-state index in [-0.39, 0.29) is 11.9 Å². The van der Waals surface area contributed by atoms with Crippen molar-refractivity contribution in [2.45, 2.75) is 6.92 Å². The van der Waals surface area contributed by atoms with Gasteiger partial charge >= 0.3 is 5.97 Å². The number of benzene rings is 2. The topological polar surface area (TPSA) is 80.9 Å². The highest BCUT2D eigenvalue weighted by Crippen LogP contribution is 2.22. The Balaban J connectivity index is 1.63. The third-order valence-corrected chi connectivity index (χ3v) is 4.42. The minimum absolute atomic E-state index is 0.295. The lowest BCUT2D eigenvalue weighted by atomic mass is 10.1. The van der Waals surface area contributed by atoms with Crippen molar-refractivity contribution in [1.29, 1.82) is 0 Å². The number of nitrogens with one attached hydrogen (secondary N) is 1. The van der Waals surface area contributed by atoms with Gasteiger partial charge in [0.15, 0.2) is 0 Å². The predicted octanol–water partition coefficient (Wildman–Crippen LogP) is 4.49. The maximum atomic E-state index is 12.1. The van der Waals surface area contributed by atoms with Crippen LogP contribution in [0.25, 0.3) is 11.3 Å². The molecule has 0 atom stereocenters. The van der Waals surface area contributed by atoms with Gasteiger partial charge in [-0.2, -0.15) is 5.10 Å². The van der Waals surface area contributed by atoms with Crippen LogP contribution in [0.2, 0.25) is 0 Å². The molecule has 0 saturated heterocycles. The van der Waals surface area contributed by atoms with E-state index < -0.39 is 0 Å². The molecule has 6 nitrogen and oxygen atoms in total. The number of carbonyl (C=O) groups excluding carboxylic acids is 2. The van der Waals surface area contributed by atoms with Crippen molar-refractivity contribution < 1.29 is 18.7 Å². The molecule has 0 aliphatic carbocycles. The monoisotopic (exact) mass is 488 g/mol. The van der Waals surface area contributed by atoms with Gasteiger partial charge in [0.25, 0.3) is 5.91 Å². The van der Waals surface area contributed by atoms with E-state index in [1.54, 1.807) is 55.5 Å². The number of carbonyl (C=O) groups is 2. The van der Waals surface area contributed by atoms with Crippen LogP contribution in [0.15, 0.2) is 70.2 Å². The summed E-state index contributed by atoms with van der Waals surface area (Å²) < 4.78 is 11.6. The first-order valence-electron chi connectivity index (χ1n) is 8.53. The van der Waals surface area contributed by atoms with Crippen LogP contribution in [-0.2, 0) is 4.74 Å². The smallest absolute Gasteiger partial charge is 0.338 e. The Morgan fingerprint density at radius 2 is 1.89 bits per heavy atom. The van der Waals surface area contributed by atoms with E-state index in [1.165, 1.54) is 6.21 Å². The lowest BCUT2D eigenvalue weighted by molar-refractivity contribution is 0.0526. The van der Waals surface area contributed by atoms with E-state index in [1.807, 2.05) is 12.1 Å². The van der Waals surface area contributed by atoms with Gasteiger partial charge in [-0.1, -0.05) is 18.2 Å². The maximum Gasteiger partial charge on any atom is 0.338 e. The molecule has 0 aliphatic rings. The number of rotatable bonds is 6. The van der Waals surface area contributed by atoms with Gasteiger partial charge in [0, 0.05) is 14.7 Å². The number of hydrogen-bond acceptors (Lipinski definition) is 5. The first kappa shape index (κ1) is 19.8. The molecule has 1 heterocycles. The summed E-state index contributed by atoms with van der Waals surface area (Å²) in [5, 5.41) is 3.93. The third kappa shape index (κ3) is 5.07. The second-order valence-corrected chi connectivity index (χ2v) is 6.95. The molecule has 0 aliphatic heterocycles. The summed E-state index contributed by atoms with van der Waals surface area (Å²) in [7, 11) is 0. The fraction of sp³-hybridized carbons (Fsp3) is 0.0952. The van der Waals surface area contributed by atoms with Crippen LogP contribution in [0.5, 0.6) is 0 Å². The Kier molecular flexibility index (Phi) is 6.59. The molecule has 7 heteroatoms. The van der Waals surface area contributed by atoms with Crippen molar-refractivity contribution in [1.82, 2.24) is 5.43 Å². The van der Waals surface area contributed by atoms with Crippen LogP contribution in [0, 0.1) is 3.57 Å². The molecule has 1 N–H and O–H groups in total. The third-order valence-electron chi connectivity index (χ3n) is 3.75. The zero-order valence-electron chi connectivity index (χ0n) is 15.0. The van der Waals surface area contributed by atoms with Crippen LogP contribution < -0.4 is 5.43 Å². The van der Waals surface area contributed by atoms with Crippen molar-refractivity contribution in [3.05, 3.63) is 81.1 Å². The number of amides is 1. The summed E-state index contributed by atoms with van der Waals surface area (Å²) in [6.07, 6.45) is 1.43. The average Bonchev–Trinajstić information content (AvgIpc) is 3.17. The predicted molar refractivity (Wildman–Crippen MR) is 114 cm³/mol. The number of furan rings is 1. The molecular formula is C21H17IN2O4. The first-order chi connectivity index (χ1) is 13.6. The summed E-state index contributed by atoms with van der Waals surface area (Å²) in [4.78, 5) is 23.7. The molecule has 1 amide bonds. The van der Waals surface area contributed by atoms with Gasteiger partial charge in [-0.05, 0) is 72.0 Å². The number of nitrogens with zero attached hydrogens (tertiary/aromatic N) is 1. The summed E-state index contributed by atoms with van der Waals surface area (Å²) in [5.41, 5.74) is 4.30. The molecular weight excluding hydrogens is 471 g/mol. The van der Waals surface area contributed by atoms with E-state index in [9.17, 15) is 9.59 Å². The van der Waals surface area contributed by atoms with E-state index in [2.05, 4.69) is 33.1 Å². The quantitative estimate of drug-likeness (QED) is 0.240. The zero-order chi connectivity index (χ0) is 19.9. The fourth-order valence-electron chi connectivity index (χ4n) is 2.41. The molecule has 0 bridgehead atoms. The number of hydrazone groups is 1. The molecule has 0 fully saturated rings. The number of hydrogen-bond donors (Lipinski definition) is 1. The van der Waals surface area contributed by atoms with Crippen molar-refractivity contribution in [3.63, 3.8) is 0 Å². The highest BCUT2D eigenvalue weighted by molar-refractivity contribution is 14.1. The van der Waals surface area contributed by atoms with E-state index in [0.29, 0.717) is 29.3 Å². The molecule has 2 aromatic carbocycles. The summed E-state index contributed by atoms with van der Waals surface area (Å²) in [5.74, 6) is 0.467. The molecule has 0 spiro atoms. The normalized spacial score (nSPS) is 10.8. The number of esters is 1. The largest absolute Gasteiger partial charge is 0.462 e. The highest BCUT2D eigenvalue weighted by atomic mass is 127. The Morgan fingerprint density at radius 1 is 1.11 bits per heavy atom. The summed E-state index contributed by atoms with van der Waals surface area (Å²) >= 11 is 2.14. The van der Waals surface area contributed by atoms with Crippen molar-refractivity contribution >= 4 is 40.7 Å². The Morgan fingerprint density at radius 3 is 2.61 bits per heavy atom. The lowest BCUT2D eigenvalue weighted by Crippen LogP contribution is -2.17. The van der Waals surface area contributed by atoms with Crippen LogP contribution in [0.3, 0.4) is 0 Å². The molecule has 28 heavy (non-hydrogen) atoms. The Bertz CT molecular complexity index is 1010. The van der Waals surface area contributed by atoms with Gasteiger partial charge < -0.3 is 9.15 Å². The van der Waals surface area contributed by atoms with Gasteiger partial charge in [-0.15, -0.1) is 0 Å². The summed E-state index contributed by atoms with van der Waals surface area (Å²) in [6.45, 7) is 2.10. The molecule has 3 aromatic rings. The van der Waals surface area contributed by atoms with Gasteiger partial charge in [-0.25, -0.2) is 10.2 Å². The number of ether oxygens (including phenoxy) is 1. The van der Waals surface area contributed by atoms with Gasteiger partial charge in [-0.3, -0.25) is 4.79 Å². The van der Waals surface area contributed by atoms with E-state index >= 15 is 0 Å². The molecule has 3 rings (SSSR count). The first-order valence-corrected chi connectivity index (χ1v) is 9.61. The molecule has 0 saturated carbocycles. The maximum absolute atomic E-state index is 12.1. The Hall–Kier alpha value is -2.94. The second kappa shape index (κ2) is 9.32. The van der Waals surface area contributed by atoms with Crippen molar-refractivity contribution in [2.75, 3.05) is 6.61 Å². The van der Waals surface area contributed by atoms with Crippen LogP contribution in [0.4, 0.5) is 0 Å². The minimum Gasteiger partial charge on any atom is -0.462 e. The second-order valence-electron chi connectivity index (χ2n) is 5.71. The van der Waals surface area contributed by atoms with E-state index in [4.69, 9.17) is 9.15 Å². The van der Waals surface area contributed by atoms with Crippen molar-refractivity contribution in [3.8, 4) is 11.3 Å². The minimum atomic E-state index is -0.356. The molecule has 0 unspecified atom stereocenters. The van der Waals surface area contributed by atoms with E-state index in [0.717, 1.165) is 9.13 Å². The lowest BCUT2D eigenvalue weighted by Gasteiger charge is -2.02. The van der Waals surface area contributed by atoms with Crippen molar-refractivity contribution in [2.24, 2.45) is 5.10 Å². The Labute approximate surface area is 175 Å². The van der Waals surface area contributed by atoms with Gasteiger partial charge in [0.05, 0.1) is 18.4 Å². The van der Waals surface area contributed by atoms with Crippen LogP contribution >= 0.6 is 22.6 Å². The molecule has 1 aromatic heterocycles.